The summed E-state index contributed by atoms with van der Waals surface area (Å²) >= 11 is 0. The van der Waals surface area contributed by atoms with E-state index in [-0.39, 0.29) is 42.6 Å². The first-order chi connectivity index (χ1) is 11.5. The van der Waals surface area contributed by atoms with E-state index >= 15 is 0 Å². The lowest BCUT2D eigenvalue weighted by Gasteiger charge is -2.32. The minimum absolute atomic E-state index is 0. The Morgan fingerprint density at radius 3 is 2.40 bits per heavy atom. The van der Waals surface area contributed by atoms with Crippen molar-refractivity contribution in [2.75, 3.05) is 25.4 Å². The second-order valence-electron chi connectivity index (χ2n) is 6.20. The van der Waals surface area contributed by atoms with Crippen LogP contribution < -0.4 is 11.1 Å². The maximum absolute atomic E-state index is 12.5. The van der Waals surface area contributed by atoms with Gasteiger partial charge in [0.25, 0.3) is 0 Å². The molecule has 2 rings (SSSR count). The maximum Gasteiger partial charge on any atom is 0.229 e. The molecule has 1 aliphatic rings. The van der Waals surface area contributed by atoms with E-state index in [0.717, 1.165) is 5.56 Å². The number of piperidine rings is 1. The Bertz CT molecular complexity index is 632. The lowest BCUT2D eigenvalue weighted by atomic mass is 9.97. The largest absolute Gasteiger partial charge is 0.353 e. The Balaban J connectivity index is 0.00000312. The number of carbonyl (C=O) groups is 1. The molecule has 25 heavy (non-hydrogen) atoms. The summed E-state index contributed by atoms with van der Waals surface area (Å²) < 4.78 is 25.7. The molecule has 0 aliphatic carbocycles. The zero-order valence-electron chi connectivity index (χ0n) is 14.6. The monoisotopic (exact) mass is 389 g/mol. The molecule has 3 N–H and O–H groups in total. The highest BCUT2D eigenvalue weighted by Gasteiger charge is 2.29. The van der Waals surface area contributed by atoms with Gasteiger partial charge in [0.2, 0.25) is 15.9 Å². The van der Waals surface area contributed by atoms with Crippen molar-refractivity contribution in [2.45, 2.75) is 38.1 Å². The summed E-state index contributed by atoms with van der Waals surface area (Å²) in [4.78, 5) is 12.5. The smallest absolute Gasteiger partial charge is 0.229 e. The van der Waals surface area contributed by atoms with Gasteiger partial charge < -0.3 is 11.1 Å². The van der Waals surface area contributed by atoms with Gasteiger partial charge in [0.15, 0.2) is 0 Å². The highest BCUT2D eigenvalue weighted by Crippen LogP contribution is 2.18. The molecule has 1 aromatic rings. The Kier molecular flexibility index (Phi) is 8.85. The molecular weight excluding hydrogens is 362 g/mol. The molecule has 8 heteroatoms. The lowest BCUT2D eigenvalue weighted by molar-refractivity contribution is -0.123. The molecule has 1 saturated heterocycles. The number of hydrogen-bond acceptors (Lipinski definition) is 4. The summed E-state index contributed by atoms with van der Waals surface area (Å²) in [6, 6.07) is 9.49. The van der Waals surface area contributed by atoms with Gasteiger partial charge in [-0.25, -0.2) is 12.7 Å². The normalized spacial score (nSPS) is 17.5. The van der Waals surface area contributed by atoms with Gasteiger partial charge in [0.1, 0.15) is 0 Å². The van der Waals surface area contributed by atoms with E-state index in [1.54, 1.807) is 0 Å². The van der Waals surface area contributed by atoms with Crippen molar-refractivity contribution in [1.82, 2.24) is 9.62 Å². The number of sulfonamides is 1. The second-order valence-corrected chi connectivity index (χ2v) is 8.29. The molecule has 0 aromatic heterocycles. The Labute approximate surface area is 156 Å². The average Bonchev–Trinajstić information content (AvgIpc) is 2.57. The lowest BCUT2D eigenvalue weighted by Crippen LogP contribution is -2.48. The summed E-state index contributed by atoms with van der Waals surface area (Å²) in [5.41, 5.74) is 6.68. The first-order valence-electron chi connectivity index (χ1n) is 8.51. The third-order valence-electron chi connectivity index (χ3n) is 4.41. The Morgan fingerprint density at radius 2 is 1.88 bits per heavy atom. The zero-order chi connectivity index (χ0) is 17.6. The molecule has 1 aromatic carbocycles. The molecule has 1 heterocycles. The molecule has 142 valence electrons. The summed E-state index contributed by atoms with van der Waals surface area (Å²) in [6.07, 6.45) is 1.90. The van der Waals surface area contributed by atoms with E-state index in [4.69, 9.17) is 5.73 Å². The quantitative estimate of drug-likeness (QED) is 0.738. The van der Waals surface area contributed by atoms with E-state index < -0.39 is 10.0 Å². The maximum atomic E-state index is 12.5. The van der Waals surface area contributed by atoms with Crippen molar-refractivity contribution < 1.29 is 13.2 Å². The third kappa shape index (κ3) is 5.95. The van der Waals surface area contributed by atoms with Crippen molar-refractivity contribution >= 4 is 28.3 Å². The number of benzene rings is 1. The van der Waals surface area contributed by atoms with Crippen LogP contribution in [0.25, 0.3) is 0 Å². The van der Waals surface area contributed by atoms with Crippen LogP contribution in [0.1, 0.15) is 37.7 Å². The van der Waals surface area contributed by atoms with E-state index in [1.807, 2.05) is 37.3 Å². The van der Waals surface area contributed by atoms with Gasteiger partial charge in [0.05, 0.1) is 11.7 Å². The number of rotatable bonds is 7. The van der Waals surface area contributed by atoms with Crippen molar-refractivity contribution in [3.63, 3.8) is 0 Å². The SMILES string of the molecule is CCCS(=O)(=O)N1CCC(NC(=O)C(CN)c2ccccc2)CC1.Cl. The number of amides is 1. The molecule has 0 saturated carbocycles. The van der Waals surface area contributed by atoms with Crippen LogP contribution in [0, 0.1) is 0 Å². The molecule has 0 bridgehead atoms. The van der Waals surface area contributed by atoms with Crippen LogP contribution >= 0.6 is 12.4 Å². The Morgan fingerprint density at radius 1 is 1.28 bits per heavy atom. The molecule has 1 amide bonds. The van der Waals surface area contributed by atoms with Gasteiger partial charge in [-0.05, 0) is 24.8 Å². The fourth-order valence-electron chi connectivity index (χ4n) is 3.05. The van der Waals surface area contributed by atoms with Crippen LogP contribution in [0.3, 0.4) is 0 Å². The van der Waals surface area contributed by atoms with Crippen molar-refractivity contribution in [3.8, 4) is 0 Å². The van der Waals surface area contributed by atoms with E-state index in [9.17, 15) is 13.2 Å². The van der Waals surface area contributed by atoms with Crippen LogP contribution in [0.15, 0.2) is 30.3 Å². The van der Waals surface area contributed by atoms with Gasteiger partial charge in [-0.3, -0.25) is 4.79 Å². The van der Waals surface area contributed by atoms with Crippen LogP contribution in [0.5, 0.6) is 0 Å². The average molecular weight is 390 g/mol. The standard InChI is InChI=1S/C17H27N3O3S.ClH/c1-2-12-24(22,23)20-10-8-15(9-11-20)19-17(21)16(13-18)14-6-4-3-5-7-14;/h3-7,15-16H,2,8-13,18H2,1H3,(H,19,21);1H. The van der Waals surface area contributed by atoms with Crippen molar-refractivity contribution in [2.24, 2.45) is 5.73 Å². The van der Waals surface area contributed by atoms with Gasteiger partial charge in [0, 0.05) is 25.7 Å². The number of nitrogens with zero attached hydrogens (tertiary/aromatic N) is 1. The van der Waals surface area contributed by atoms with E-state index in [0.29, 0.717) is 32.4 Å². The highest BCUT2D eigenvalue weighted by molar-refractivity contribution is 7.89. The van der Waals surface area contributed by atoms with Gasteiger partial charge in [-0.15, -0.1) is 12.4 Å². The van der Waals surface area contributed by atoms with Crippen molar-refractivity contribution in [3.05, 3.63) is 35.9 Å². The molecule has 1 unspecified atom stereocenters. The number of nitrogens with one attached hydrogen (secondary N) is 1. The number of hydrogen-bond donors (Lipinski definition) is 2. The molecule has 0 radical (unpaired) electrons. The topological polar surface area (TPSA) is 92.5 Å². The number of carbonyl (C=O) groups excluding carboxylic acids is 1. The number of nitrogens with two attached hydrogens (primary N) is 1. The van der Waals surface area contributed by atoms with Crippen LogP contribution in [-0.2, 0) is 14.8 Å². The highest BCUT2D eigenvalue weighted by atomic mass is 35.5. The molecule has 0 spiro atoms. The minimum Gasteiger partial charge on any atom is -0.353 e. The molecular formula is C17H28ClN3O3S. The predicted octanol–water partition coefficient (Wildman–Crippen LogP) is 1.47. The van der Waals surface area contributed by atoms with Crippen molar-refractivity contribution in [1.29, 1.82) is 0 Å². The minimum atomic E-state index is -3.15. The van der Waals surface area contributed by atoms with Crippen LogP contribution in [0.2, 0.25) is 0 Å². The second kappa shape index (κ2) is 10.1. The molecule has 1 fully saturated rings. The van der Waals surface area contributed by atoms with Crippen LogP contribution in [-0.4, -0.2) is 50.1 Å². The first kappa shape index (κ1) is 21.9. The van der Waals surface area contributed by atoms with Gasteiger partial charge >= 0.3 is 0 Å². The van der Waals surface area contributed by atoms with Crippen LogP contribution in [0.4, 0.5) is 0 Å². The van der Waals surface area contributed by atoms with Gasteiger partial charge in [-0.1, -0.05) is 37.3 Å². The predicted molar refractivity (Wildman–Crippen MR) is 102 cm³/mol. The molecule has 6 nitrogen and oxygen atoms in total. The fraction of sp³-hybridized carbons (Fsp3) is 0.588. The molecule has 1 atom stereocenters. The van der Waals surface area contributed by atoms with E-state index in [1.165, 1.54) is 4.31 Å². The fourth-order valence-corrected chi connectivity index (χ4v) is 4.59. The third-order valence-corrected chi connectivity index (χ3v) is 6.49. The Hall–Kier alpha value is -1.15. The summed E-state index contributed by atoms with van der Waals surface area (Å²) in [5.74, 6) is -0.264. The first-order valence-corrected chi connectivity index (χ1v) is 10.1. The zero-order valence-corrected chi connectivity index (χ0v) is 16.2. The summed E-state index contributed by atoms with van der Waals surface area (Å²) in [6.45, 7) is 3.04. The number of halogens is 1. The van der Waals surface area contributed by atoms with Gasteiger partial charge in [-0.2, -0.15) is 0 Å². The summed E-state index contributed by atoms with van der Waals surface area (Å²) in [5, 5.41) is 3.03. The van der Waals surface area contributed by atoms with E-state index in [2.05, 4.69) is 5.32 Å². The molecule has 1 aliphatic heterocycles. The summed E-state index contributed by atoms with van der Waals surface area (Å²) in [7, 11) is -3.15.